The van der Waals surface area contributed by atoms with Gasteiger partial charge in [0.1, 0.15) is 0 Å². The Morgan fingerprint density at radius 2 is 1.90 bits per heavy atom. The second-order valence-electron chi connectivity index (χ2n) is 8.63. The van der Waals surface area contributed by atoms with Crippen LogP contribution in [0.2, 0.25) is 0 Å². The van der Waals surface area contributed by atoms with E-state index in [-0.39, 0.29) is 17.5 Å². The van der Waals surface area contributed by atoms with Crippen LogP contribution in [0.4, 0.5) is 4.79 Å². The molecule has 2 saturated heterocycles. The standard InChI is InChI=1S/C22H34N4O3/c1-25-11-8-22(16-4-5-18(28-2)19(14-16)29-3)7-6-17(15-20(22)25)24-21(27)26-12-9-23-10-13-26/h4-5,14,17,20,23H,6-13,15H2,1-3H3,(H,24,27)/t17-,20+,22-/m0/s1. The third-order valence-electron chi connectivity index (χ3n) is 7.22. The Hall–Kier alpha value is -1.99. The van der Waals surface area contributed by atoms with Crippen molar-refractivity contribution in [1.29, 1.82) is 0 Å². The molecule has 1 aromatic rings. The molecular weight excluding hydrogens is 368 g/mol. The van der Waals surface area contributed by atoms with Gasteiger partial charge in [-0.1, -0.05) is 6.07 Å². The van der Waals surface area contributed by atoms with Gasteiger partial charge in [-0.2, -0.15) is 0 Å². The number of benzene rings is 1. The monoisotopic (exact) mass is 402 g/mol. The molecule has 2 amide bonds. The van der Waals surface area contributed by atoms with Crippen LogP contribution in [-0.4, -0.2) is 81.9 Å². The predicted octanol–water partition coefficient (Wildman–Crippen LogP) is 1.81. The summed E-state index contributed by atoms with van der Waals surface area (Å²) in [6, 6.07) is 7.13. The van der Waals surface area contributed by atoms with Crippen LogP contribution in [0.1, 0.15) is 31.2 Å². The van der Waals surface area contributed by atoms with Gasteiger partial charge >= 0.3 is 6.03 Å². The number of nitrogens with one attached hydrogen (secondary N) is 2. The lowest BCUT2D eigenvalue weighted by Crippen LogP contribution is -2.56. The first kappa shape index (κ1) is 20.3. The summed E-state index contributed by atoms with van der Waals surface area (Å²) in [7, 11) is 5.59. The fourth-order valence-electron chi connectivity index (χ4n) is 5.53. The van der Waals surface area contributed by atoms with Crippen LogP contribution in [-0.2, 0) is 5.41 Å². The van der Waals surface area contributed by atoms with Crippen LogP contribution in [0.25, 0.3) is 0 Å². The SMILES string of the molecule is COc1ccc([C@@]23CC[C@H](NC(=O)N4CCNCC4)C[C@H]2N(C)CC3)cc1OC. The third-order valence-corrected chi connectivity index (χ3v) is 7.22. The van der Waals surface area contributed by atoms with E-state index >= 15 is 0 Å². The number of methoxy groups -OCH3 is 2. The number of carbonyl (C=O) groups is 1. The number of rotatable bonds is 4. The maximum Gasteiger partial charge on any atom is 0.317 e. The zero-order valence-electron chi connectivity index (χ0n) is 17.9. The van der Waals surface area contributed by atoms with Crippen molar-refractivity contribution in [2.75, 3.05) is 54.0 Å². The highest BCUT2D eigenvalue weighted by Gasteiger charge is 2.50. The minimum atomic E-state index is 0.0933. The molecule has 2 aliphatic heterocycles. The number of hydrogen-bond donors (Lipinski definition) is 2. The fraction of sp³-hybridized carbons (Fsp3) is 0.682. The number of ether oxygens (including phenoxy) is 2. The van der Waals surface area contributed by atoms with E-state index in [1.807, 2.05) is 11.0 Å². The van der Waals surface area contributed by atoms with Crippen LogP contribution in [0.15, 0.2) is 18.2 Å². The highest BCUT2D eigenvalue weighted by molar-refractivity contribution is 5.74. The lowest BCUT2D eigenvalue weighted by Gasteiger charge is -2.45. The predicted molar refractivity (Wildman–Crippen MR) is 113 cm³/mol. The van der Waals surface area contributed by atoms with E-state index in [1.54, 1.807) is 14.2 Å². The lowest BCUT2D eigenvalue weighted by molar-refractivity contribution is 0.144. The summed E-state index contributed by atoms with van der Waals surface area (Å²) in [5.41, 5.74) is 1.45. The van der Waals surface area contributed by atoms with Gasteiger partial charge in [0.05, 0.1) is 14.2 Å². The number of amides is 2. The van der Waals surface area contributed by atoms with Crippen molar-refractivity contribution in [1.82, 2.24) is 20.4 Å². The van der Waals surface area contributed by atoms with E-state index in [2.05, 4.69) is 34.7 Å². The summed E-state index contributed by atoms with van der Waals surface area (Å²) in [6.45, 7) is 4.42. The molecule has 29 heavy (non-hydrogen) atoms. The normalized spacial score (nSPS) is 30.0. The first-order valence-electron chi connectivity index (χ1n) is 10.8. The van der Waals surface area contributed by atoms with Crippen molar-refractivity contribution >= 4 is 6.03 Å². The molecule has 0 spiro atoms. The molecule has 1 aromatic carbocycles. The molecule has 0 radical (unpaired) electrons. The van der Waals surface area contributed by atoms with Crippen LogP contribution < -0.4 is 20.1 Å². The number of carbonyl (C=O) groups excluding carboxylic acids is 1. The minimum absolute atomic E-state index is 0.0933. The van der Waals surface area contributed by atoms with Crippen molar-refractivity contribution in [3.05, 3.63) is 23.8 Å². The molecule has 160 valence electrons. The molecule has 1 saturated carbocycles. The number of hydrogen-bond acceptors (Lipinski definition) is 5. The number of piperazine rings is 1. The van der Waals surface area contributed by atoms with E-state index in [9.17, 15) is 4.79 Å². The largest absolute Gasteiger partial charge is 0.493 e. The Morgan fingerprint density at radius 3 is 2.62 bits per heavy atom. The first-order chi connectivity index (χ1) is 14.1. The van der Waals surface area contributed by atoms with E-state index in [4.69, 9.17) is 9.47 Å². The van der Waals surface area contributed by atoms with Crippen LogP contribution in [0, 0.1) is 0 Å². The summed E-state index contributed by atoms with van der Waals surface area (Å²) in [6.07, 6.45) is 4.21. The number of urea groups is 1. The summed E-state index contributed by atoms with van der Waals surface area (Å²) in [5.74, 6) is 1.56. The molecule has 4 rings (SSSR count). The Kier molecular flexibility index (Phi) is 5.88. The fourth-order valence-corrected chi connectivity index (χ4v) is 5.53. The van der Waals surface area contributed by atoms with Gasteiger partial charge in [-0.3, -0.25) is 0 Å². The number of nitrogens with zero attached hydrogens (tertiary/aromatic N) is 2. The molecule has 0 aromatic heterocycles. The van der Waals surface area contributed by atoms with Crippen molar-refractivity contribution < 1.29 is 14.3 Å². The molecule has 2 N–H and O–H groups in total. The van der Waals surface area contributed by atoms with Gasteiger partial charge in [-0.25, -0.2) is 4.79 Å². The van der Waals surface area contributed by atoms with Gasteiger partial charge in [-0.05, 0) is 57.0 Å². The van der Waals surface area contributed by atoms with Crippen molar-refractivity contribution in [3.8, 4) is 11.5 Å². The zero-order valence-corrected chi connectivity index (χ0v) is 17.9. The second-order valence-corrected chi connectivity index (χ2v) is 8.63. The van der Waals surface area contributed by atoms with Gasteiger partial charge in [0.2, 0.25) is 0 Å². The lowest BCUT2D eigenvalue weighted by atomic mass is 9.65. The molecule has 1 aliphatic carbocycles. The highest BCUT2D eigenvalue weighted by Crippen LogP contribution is 2.49. The molecule has 7 heteroatoms. The van der Waals surface area contributed by atoms with Crippen LogP contribution in [0.3, 0.4) is 0 Å². The Labute approximate surface area is 173 Å². The molecule has 3 aliphatic rings. The van der Waals surface area contributed by atoms with Crippen molar-refractivity contribution in [2.45, 2.75) is 43.2 Å². The quantitative estimate of drug-likeness (QED) is 0.804. The Bertz CT molecular complexity index is 737. The number of fused-ring (bicyclic) bond motifs is 1. The molecular formula is C22H34N4O3. The maximum absolute atomic E-state index is 12.7. The van der Waals surface area contributed by atoms with Gasteiger partial charge < -0.3 is 29.9 Å². The highest BCUT2D eigenvalue weighted by atomic mass is 16.5. The minimum Gasteiger partial charge on any atom is -0.493 e. The van der Waals surface area contributed by atoms with Gasteiger partial charge in [0.15, 0.2) is 11.5 Å². The Balaban J connectivity index is 1.50. The maximum atomic E-state index is 12.7. The summed E-state index contributed by atoms with van der Waals surface area (Å²) < 4.78 is 11.0. The zero-order chi connectivity index (χ0) is 20.4. The number of likely N-dealkylation sites (tertiary alicyclic amines) is 1. The first-order valence-corrected chi connectivity index (χ1v) is 10.8. The molecule has 0 unspecified atom stereocenters. The molecule has 2 heterocycles. The third kappa shape index (κ3) is 3.78. The van der Waals surface area contributed by atoms with Gasteiger partial charge in [0, 0.05) is 43.7 Å². The van der Waals surface area contributed by atoms with Crippen LogP contribution in [0.5, 0.6) is 11.5 Å². The summed E-state index contributed by atoms with van der Waals surface area (Å²) in [5, 5.41) is 6.62. The van der Waals surface area contributed by atoms with Gasteiger partial charge in [-0.15, -0.1) is 0 Å². The van der Waals surface area contributed by atoms with Crippen molar-refractivity contribution in [3.63, 3.8) is 0 Å². The van der Waals surface area contributed by atoms with E-state index in [0.717, 1.165) is 69.9 Å². The molecule has 7 nitrogen and oxygen atoms in total. The average molecular weight is 403 g/mol. The van der Waals surface area contributed by atoms with E-state index in [1.165, 1.54) is 5.56 Å². The second kappa shape index (κ2) is 8.40. The summed E-state index contributed by atoms with van der Waals surface area (Å²) >= 11 is 0. The van der Waals surface area contributed by atoms with Gasteiger partial charge in [0.25, 0.3) is 0 Å². The van der Waals surface area contributed by atoms with Crippen molar-refractivity contribution in [2.24, 2.45) is 0 Å². The molecule has 3 fully saturated rings. The average Bonchev–Trinajstić information content (AvgIpc) is 3.11. The van der Waals surface area contributed by atoms with Crippen LogP contribution >= 0.6 is 0 Å². The molecule has 3 atom stereocenters. The number of likely N-dealkylation sites (N-methyl/N-ethyl adjacent to an activating group) is 1. The van der Waals surface area contributed by atoms with E-state index < -0.39 is 0 Å². The van der Waals surface area contributed by atoms with E-state index in [0.29, 0.717) is 6.04 Å². The topological polar surface area (TPSA) is 66.1 Å². The smallest absolute Gasteiger partial charge is 0.317 e. The molecule has 0 bridgehead atoms. The Morgan fingerprint density at radius 1 is 1.14 bits per heavy atom. The summed E-state index contributed by atoms with van der Waals surface area (Å²) in [4.78, 5) is 17.1.